The number of benzene rings is 3. The summed E-state index contributed by atoms with van der Waals surface area (Å²) in [5.41, 5.74) is 2.57. The average Bonchev–Trinajstić information content (AvgIpc) is 3.15. The standard InChI is InChI=1S/C22H15Cl3N4OS/c23-17-8-6-15(11-18(17)24)13-30-20-9-7-14(10-19(20)25)12-26-29-21(27-28-22(29)31)16-4-2-1-3-5-16/h1-12H,13H2,(H,28,31)/b26-12-. The molecule has 9 heteroatoms. The van der Waals surface area contributed by atoms with Gasteiger partial charge in [0.1, 0.15) is 12.4 Å². The molecule has 4 rings (SSSR count). The Hall–Kier alpha value is -2.64. The minimum atomic E-state index is 0.314. The van der Waals surface area contributed by atoms with Crippen molar-refractivity contribution in [3.63, 3.8) is 0 Å². The zero-order valence-electron chi connectivity index (χ0n) is 15.9. The molecule has 0 amide bonds. The number of halogens is 3. The fourth-order valence-corrected chi connectivity index (χ4v) is 3.55. The lowest BCUT2D eigenvalue weighted by Gasteiger charge is -2.09. The van der Waals surface area contributed by atoms with Gasteiger partial charge in [-0.25, -0.2) is 5.10 Å². The molecule has 3 aromatic carbocycles. The Balaban J connectivity index is 1.50. The summed E-state index contributed by atoms with van der Waals surface area (Å²) in [5.74, 6) is 1.17. The van der Waals surface area contributed by atoms with Gasteiger partial charge in [0.25, 0.3) is 0 Å². The predicted molar refractivity (Wildman–Crippen MR) is 128 cm³/mol. The summed E-state index contributed by atoms with van der Waals surface area (Å²) in [6.45, 7) is 0.314. The zero-order valence-corrected chi connectivity index (χ0v) is 19.0. The first-order valence-corrected chi connectivity index (χ1v) is 10.7. The summed E-state index contributed by atoms with van der Waals surface area (Å²) >= 11 is 23.7. The normalized spacial score (nSPS) is 11.2. The summed E-state index contributed by atoms with van der Waals surface area (Å²) in [6.07, 6.45) is 1.66. The number of rotatable bonds is 6. The van der Waals surface area contributed by atoms with E-state index < -0.39 is 0 Å². The van der Waals surface area contributed by atoms with Gasteiger partial charge in [-0.15, -0.1) is 0 Å². The van der Waals surface area contributed by atoms with E-state index in [2.05, 4.69) is 15.3 Å². The van der Waals surface area contributed by atoms with Crippen LogP contribution in [0.25, 0.3) is 11.4 Å². The first kappa shape index (κ1) is 21.6. The van der Waals surface area contributed by atoms with Crippen molar-refractivity contribution in [2.24, 2.45) is 5.10 Å². The molecule has 0 bridgehead atoms. The number of ether oxygens (including phenoxy) is 1. The Morgan fingerprint density at radius 2 is 1.77 bits per heavy atom. The lowest BCUT2D eigenvalue weighted by atomic mass is 10.2. The molecular formula is C22H15Cl3N4OS. The van der Waals surface area contributed by atoms with E-state index in [9.17, 15) is 0 Å². The van der Waals surface area contributed by atoms with Crippen LogP contribution >= 0.6 is 47.0 Å². The van der Waals surface area contributed by atoms with Crippen LogP contribution in [0.15, 0.2) is 71.8 Å². The van der Waals surface area contributed by atoms with E-state index in [4.69, 9.17) is 51.8 Å². The second-order valence-electron chi connectivity index (χ2n) is 6.50. The smallest absolute Gasteiger partial charge is 0.216 e. The van der Waals surface area contributed by atoms with Gasteiger partial charge in [0.2, 0.25) is 4.77 Å². The van der Waals surface area contributed by atoms with Crippen LogP contribution in [0.2, 0.25) is 15.1 Å². The molecule has 0 saturated carbocycles. The molecule has 5 nitrogen and oxygen atoms in total. The molecule has 4 aromatic rings. The Kier molecular flexibility index (Phi) is 6.73. The number of hydrogen-bond acceptors (Lipinski definition) is 4. The molecule has 0 unspecified atom stereocenters. The lowest BCUT2D eigenvalue weighted by Crippen LogP contribution is -1.97. The van der Waals surface area contributed by atoms with Crippen molar-refractivity contribution in [3.8, 4) is 17.1 Å². The Morgan fingerprint density at radius 1 is 0.968 bits per heavy atom. The minimum absolute atomic E-state index is 0.314. The molecule has 0 aliphatic carbocycles. The molecule has 0 spiro atoms. The van der Waals surface area contributed by atoms with Crippen LogP contribution < -0.4 is 4.74 Å². The number of H-pyrrole nitrogens is 1. The van der Waals surface area contributed by atoms with Gasteiger partial charge in [-0.2, -0.15) is 14.9 Å². The largest absolute Gasteiger partial charge is 0.487 e. The van der Waals surface area contributed by atoms with Gasteiger partial charge in [0.05, 0.1) is 21.3 Å². The fourth-order valence-electron chi connectivity index (χ4n) is 2.80. The summed E-state index contributed by atoms with van der Waals surface area (Å²) in [6, 6.07) is 20.4. The molecule has 1 N–H and O–H groups in total. The van der Waals surface area contributed by atoms with Crippen LogP contribution in [-0.2, 0) is 6.61 Å². The van der Waals surface area contributed by atoms with E-state index in [-0.39, 0.29) is 0 Å². The third kappa shape index (κ3) is 5.17. The van der Waals surface area contributed by atoms with Gasteiger partial charge in [-0.1, -0.05) is 71.2 Å². The van der Waals surface area contributed by atoms with Crippen LogP contribution in [0.1, 0.15) is 11.1 Å². The lowest BCUT2D eigenvalue weighted by molar-refractivity contribution is 0.306. The van der Waals surface area contributed by atoms with E-state index in [1.54, 1.807) is 35.2 Å². The van der Waals surface area contributed by atoms with E-state index >= 15 is 0 Å². The third-order valence-electron chi connectivity index (χ3n) is 4.34. The second-order valence-corrected chi connectivity index (χ2v) is 8.11. The summed E-state index contributed by atoms with van der Waals surface area (Å²) in [5, 5.41) is 12.9. The van der Waals surface area contributed by atoms with Gasteiger partial charge >= 0.3 is 0 Å². The minimum Gasteiger partial charge on any atom is -0.487 e. The first-order chi connectivity index (χ1) is 15.0. The highest BCUT2D eigenvalue weighted by Gasteiger charge is 2.08. The van der Waals surface area contributed by atoms with Gasteiger partial charge in [0.15, 0.2) is 5.82 Å². The van der Waals surface area contributed by atoms with E-state index in [0.29, 0.717) is 38.0 Å². The van der Waals surface area contributed by atoms with Crippen molar-refractivity contribution in [1.29, 1.82) is 0 Å². The second kappa shape index (κ2) is 9.66. The molecule has 0 saturated heterocycles. The zero-order chi connectivity index (χ0) is 21.8. The fraction of sp³-hybridized carbons (Fsp3) is 0.0455. The number of aromatic nitrogens is 3. The van der Waals surface area contributed by atoms with Gasteiger partial charge in [-0.3, -0.25) is 0 Å². The quantitative estimate of drug-likeness (QED) is 0.234. The molecule has 31 heavy (non-hydrogen) atoms. The van der Waals surface area contributed by atoms with Crippen molar-refractivity contribution >= 4 is 53.2 Å². The molecule has 0 aliphatic heterocycles. The topological polar surface area (TPSA) is 55.2 Å². The molecule has 1 aromatic heterocycles. The molecule has 0 atom stereocenters. The van der Waals surface area contributed by atoms with E-state index in [0.717, 1.165) is 16.7 Å². The SMILES string of the molecule is S=c1[nH]nc(-c2ccccc2)n1/N=C\c1ccc(OCc2ccc(Cl)c(Cl)c2)c(Cl)c1. The maximum atomic E-state index is 6.39. The highest BCUT2D eigenvalue weighted by atomic mass is 35.5. The van der Waals surface area contributed by atoms with Gasteiger partial charge in [0, 0.05) is 5.56 Å². The summed E-state index contributed by atoms with van der Waals surface area (Å²) < 4.78 is 7.76. The van der Waals surface area contributed by atoms with E-state index in [1.807, 2.05) is 42.5 Å². The van der Waals surface area contributed by atoms with Crippen LogP contribution in [0, 0.1) is 4.77 Å². The number of nitrogens with one attached hydrogen (secondary N) is 1. The van der Waals surface area contributed by atoms with Crippen LogP contribution in [0.3, 0.4) is 0 Å². The number of hydrogen-bond donors (Lipinski definition) is 1. The van der Waals surface area contributed by atoms with Crippen molar-refractivity contribution in [2.45, 2.75) is 6.61 Å². The first-order valence-electron chi connectivity index (χ1n) is 9.15. The molecule has 0 fully saturated rings. The van der Waals surface area contributed by atoms with Crippen LogP contribution in [0.5, 0.6) is 5.75 Å². The van der Waals surface area contributed by atoms with Gasteiger partial charge in [-0.05, 0) is 53.7 Å². The molecule has 0 radical (unpaired) electrons. The predicted octanol–water partition coefficient (Wildman–Crippen LogP) is 7.03. The van der Waals surface area contributed by atoms with Crippen molar-refractivity contribution in [1.82, 2.24) is 14.9 Å². The molecular weight excluding hydrogens is 475 g/mol. The number of aromatic amines is 1. The summed E-state index contributed by atoms with van der Waals surface area (Å²) in [4.78, 5) is 0. The van der Waals surface area contributed by atoms with Gasteiger partial charge < -0.3 is 4.74 Å². The third-order valence-corrected chi connectivity index (χ3v) is 5.64. The number of nitrogens with zero attached hydrogens (tertiary/aromatic N) is 3. The average molecular weight is 490 g/mol. The maximum absolute atomic E-state index is 6.39. The highest BCUT2D eigenvalue weighted by molar-refractivity contribution is 7.71. The Morgan fingerprint density at radius 3 is 2.52 bits per heavy atom. The van der Waals surface area contributed by atoms with E-state index in [1.165, 1.54) is 0 Å². The van der Waals surface area contributed by atoms with Crippen molar-refractivity contribution < 1.29 is 4.74 Å². The summed E-state index contributed by atoms with van der Waals surface area (Å²) in [7, 11) is 0. The molecule has 1 heterocycles. The maximum Gasteiger partial charge on any atom is 0.216 e. The molecule has 156 valence electrons. The van der Waals surface area contributed by atoms with Crippen molar-refractivity contribution in [3.05, 3.63) is 97.7 Å². The van der Waals surface area contributed by atoms with Crippen molar-refractivity contribution in [2.75, 3.05) is 0 Å². The van der Waals surface area contributed by atoms with Crippen LogP contribution in [0.4, 0.5) is 0 Å². The monoisotopic (exact) mass is 488 g/mol. The Bertz CT molecular complexity index is 1300. The highest BCUT2D eigenvalue weighted by Crippen LogP contribution is 2.27. The Labute approximate surface area is 198 Å². The van der Waals surface area contributed by atoms with Crippen LogP contribution in [-0.4, -0.2) is 21.1 Å². The molecule has 0 aliphatic rings.